The molecule has 1 rings (SSSR count). The molecule has 3 unspecified atom stereocenters. The van der Waals surface area contributed by atoms with Gasteiger partial charge in [-0.15, -0.1) is 0 Å². The van der Waals surface area contributed by atoms with Gasteiger partial charge in [-0.2, -0.15) is 0 Å². The van der Waals surface area contributed by atoms with Crippen LogP contribution in [0.4, 0.5) is 0 Å². The van der Waals surface area contributed by atoms with Crippen molar-refractivity contribution in [3.63, 3.8) is 0 Å². The van der Waals surface area contributed by atoms with Crippen LogP contribution in [0.25, 0.3) is 0 Å². The minimum Gasteiger partial charge on any atom is -0.394 e. The molecule has 0 aliphatic carbocycles. The fraction of sp³-hybridized carbons (Fsp3) is 1.00. The van der Waals surface area contributed by atoms with Crippen LogP contribution in [0.15, 0.2) is 0 Å². The Labute approximate surface area is 76.9 Å². The molecule has 0 aromatic rings. The van der Waals surface area contributed by atoms with E-state index < -0.39 is 31.0 Å². The molecule has 0 saturated carbocycles. The molecule has 13 heavy (non-hydrogen) atoms. The van der Waals surface area contributed by atoms with Crippen LogP contribution in [-0.2, 0) is 9.47 Å². The Bertz CT molecular complexity index is 163. The predicted octanol–water partition coefficient (Wildman–Crippen LogP) is -1.50. The highest BCUT2D eigenvalue weighted by Crippen LogP contribution is 2.25. The van der Waals surface area contributed by atoms with E-state index in [9.17, 15) is 10.2 Å². The van der Waals surface area contributed by atoms with E-state index in [-0.39, 0.29) is 6.10 Å². The lowest BCUT2D eigenvalue weighted by atomic mass is 10.0. The summed E-state index contributed by atoms with van der Waals surface area (Å²) < 4.78 is 10.2. The molecular weight excluding hydrogens is 176 g/mol. The second kappa shape index (κ2) is 4.34. The largest absolute Gasteiger partial charge is 0.394 e. The van der Waals surface area contributed by atoms with Gasteiger partial charge in [0, 0.05) is 7.11 Å². The number of methoxy groups -OCH3 is 1. The van der Waals surface area contributed by atoms with Gasteiger partial charge in [-0.25, -0.2) is 0 Å². The second-order valence-corrected chi connectivity index (χ2v) is 3.25. The van der Waals surface area contributed by atoms with E-state index in [1.807, 2.05) is 0 Å². The fourth-order valence-corrected chi connectivity index (χ4v) is 1.55. The molecule has 0 aromatic carbocycles. The Morgan fingerprint density at radius 3 is 2.62 bits per heavy atom. The van der Waals surface area contributed by atoms with E-state index in [1.165, 1.54) is 7.11 Å². The Balaban J connectivity index is 2.64. The molecule has 5 atom stereocenters. The third-order valence-corrected chi connectivity index (χ3v) is 2.35. The highest BCUT2D eigenvalue weighted by Gasteiger charge is 2.44. The average Bonchev–Trinajstić information content (AvgIpc) is 2.42. The topological polar surface area (TPSA) is 79.2 Å². The Morgan fingerprint density at radius 2 is 2.15 bits per heavy atom. The molecule has 0 aromatic heterocycles. The summed E-state index contributed by atoms with van der Waals surface area (Å²) in [5, 5.41) is 27.6. The quantitative estimate of drug-likeness (QED) is 0.507. The molecule has 0 radical (unpaired) electrons. The Kier molecular flexibility index (Phi) is 3.63. The van der Waals surface area contributed by atoms with E-state index in [0.717, 1.165) is 0 Å². The van der Waals surface area contributed by atoms with E-state index >= 15 is 0 Å². The highest BCUT2D eigenvalue weighted by atomic mass is 16.6. The fourth-order valence-electron chi connectivity index (χ4n) is 1.55. The number of aliphatic hydroxyl groups is 3. The van der Waals surface area contributed by atoms with Gasteiger partial charge >= 0.3 is 0 Å². The van der Waals surface area contributed by atoms with Gasteiger partial charge in [0.1, 0.15) is 24.4 Å². The first kappa shape index (κ1) is 10.9. The molecule has 1 aliphatic rings. The van der Waals surface area contributed by atoms with Gasteiger partial charge in [0.25, 0.3) is 0 Å². The number of rotatable bonds is 3. The zero-order valence-corrected chi connectivity index (χ0v) is 7.75. The van der Waals surface area contributed by atoms with Gasteiger partial charge in [0.05, 0.1) is 12.7 Å². The number of hydrogen-bond acceptors (Lipinski definition) is 5. The maximum absolute atomic E-state index is 9.53. The van der Waals surface area contributed by atoms with Gasteiger partial charge in [0.2, 0.25) is 0 Å². The van der Waals surface area contributed by atoms with Crippen LogP contribution in [0, 0.1) is 0 Å². The molecule has 5 heteroatoms. The predicted molar refractivity (Wildman–Crippen MR) is 44.2 cm³/mol. The summed E-state index contributed by atoms with van der Waals surface area (Å²) in [6.07, 6.45) is -3.37. The summed E-state index contributed by atoms with van der Waals surface area (Å²) in [6.45, 7) is 1.30. The van der Waals surface area contributed by atoms with Crippen LogP contribution in [0.5, 0.6) is 0 Å². The van der Waals surface area contributed by atoms with Gasteiger partial charge in [-0.3, -0.25) is 0 Å². The molecule has 1 heterocycles. The minimum atomic E-state index is -1.01. The molecule has 5 nitrogen and oxygen atoms in total. The van der Waals surface area contributed by atoms with Crippen LogP contribution in [0.3, 0.4) is 0 Å². The number of hydrogen-bond donors (Lipinski definition) is 3. The summed E-state index contributed by atoms with van der Waals surface area (Å²) in [5.74, 6) is 0. The smallest absolute Gasteiger partial charge is 0.115 e. The first-order valence-electron chi connectivity index (χ1n) is 4.27. The zero-order chi connectivity index (χ0) is 10.0. The van der Waals surface area contributed by atoms with Crippen LogP contribution >= 0.6 is 0 Å². The van der Waals surface area contributed by atoms with Crippen molar-refractivity contribution in [1.82, 2.24) is 0 Å². The molecule has 1 aliphatic heterocycles. The van der Waals surface area contributed by atoms with Gasteiger partial charge in [0.15, 0.2) is 0 Å². The van der Waals surface area contributed by atoms with Crippen LogP contribution in [0.2, 0.25) is 0 Å². The van der Waals surface area contributed by atoms with E-state index in [2.05, 4.69) is 0 Å². The van der Waals surface area contributed by atoms with Crippen molar-refractivity contribution in [2.24, 2.45) is 0 Å². The lowest BCUT2D eigenvalue weighted by Gasteiger charge is -2.21. The molecule has 1 fully saturated rings. The van der Waals surface area contributed by atoms with Crippen molar-refractivity contribution in [3.05, 3.63) is 0 Å². The van der Waals surface area contributed by atoms with Crippen LogP contribution in [-0.4, -0.2) is 59.6 Å². The Morgan fingerprint density at radius 1 is 1.54 bits per heavy atom. The lowest BCUT2D eigenvalue weighted by molar-refractivity contribution is -0.0877. The Hall–Kier alpha value is -0.200. The molecule has 0 spiro atoms. The summed E-state index contributed by atoms with van der Waals surface area (Å²) in [5.41, 5.74) is 0. The maximum Gasteiger partial charge on any atom is 0.115 e. The van der Waals surface area contributed by atoms with Crippen molar-refractivity contribution >= 4 is 0 Å². The van der Waals surface area contributed by atoms with Crippen molar-refractivity contribution < 1.29 is 24.8 Å². The van der Waals surface area contributed by atoms with Crippen molar-refractivity contribution in [2.75, 3.05) is 13.7 Å². The normalized spacial score (nSPS) is 42.2. The SMILES string of the molecule is CO[C@H]1C(O)C(C)O[C@@H]1C(O)CO. The van der Waals surface area contributed by atoms with Crippen molar-refractivity contribution in [1.29, 1.82) is 0 Å². The van der Waals surface area contributed by atoms with Gasteiger partial charge in [-0.05, 0) is 6.92 Å². The molecule has 3 N–H and O–H groups in total. The second-order valence-electron chi connectivity index (χ2n) is 3.25. The molecule has 0 amide bonds. The lowest BCUT2D eigenvalue weighted by Crippen LogP contribution is -2.41. The third kappa shape index (κ3) is 2.00. The van der Waals surface area contributed by atoms with Crippen LogP contribution < -0.4 is 0 Å². The molecule has 1 saturated heterocycles. The van der Waals surface area contributed by atoms with Crippen LogP contribution in [0.1, 0.15) is 6.92 Å². The average molecular weight is 192 g/mol. The summed E-state index contributed by atoms with van der Waals surface area (Å²) in [7, 11) is 1.44. The molecular formula is C8H16O5. The zero-order valence-electron chi connectivity index (χ0n) is 7.75. The van der Waals surface area contributed by atoms with Gasteiger partial charge in [-0.1, -0.05) is 0 Å². The van der Waals surface area contributed by atoms with E-state index in [1.54, 1.807) is 6.92 Å². The van der Waals surface area contributed by atoms with Gasteiger partial charge < -0.3 is 24.8 Å². The minimum absolute atomic E-state index is 0.379. The van der Waals surface area contributed by atoms with E-state index in [0.29, 0.717) is 0 Å². The first-order chi connectivity index (χ1) is 6.11. The van der Waals surface area contributed by atoms with Crippen molar-refractivity contribution in [3.8, 4) is 0 Å². The first-order valence-corrected chi connectivity index (χ1v) is 4.27. The summed E-state index contributed by atoms with van der Waals surface area (Å²) >= 11 is 0. The molecule has 78 valence electrons. The summed E-state index contributed by atoms with van der Waals surface area (Å²) in [6, 6.07) is 0. The monoisotopic (exact) mass is 192 g/mol. The highest BCUT2D eigenvalue weighted by molar-refractivity contribution is 4.92. The maximum atomic E-state index is 9.53. The van der Waals surface area contributed by atoms with Crippen molar-refractivity contribution in [2.45, 2.75) is 37.4 Å². The molecule has 0 bridgehead atoms. The summed E-state index contributed by atoms with van der Waals surface area (Å²) in [4.78, 5) is 0. The third-order valence-electron chi connectivity index (χ3n) is 2.35. The number of aliphatic hydroxyl groups excluding tert-OH is 3. The van der Waals surface area contributed by atoms with E-state index in [4.69, 9.17) is 14.6 Å². The number of ether oxygens (including phenoxy) is 2. The standard InChI is InChI=1S/C8H16O5/c1-4-6(11)8(12-2)7(13-4)5(10)3-9/h4-11H,3H2,1-2H3/t4?,5?,6?,7-,8+/m1/s1.